The molecule has 1 aliphatic rings. The highest BCUT2D eigenvalue weighted by Crippen LogP contribution is 2.32. The number of furan rings is 1. The first-order chi connectivity index (χ1) is 16.0. The largest absolute Gasteiger partial charge is 0.459 e. The molecule has 5 rings (SSSR count). The number of anilines is 2. The van der Waals surface area contributed by atoms with Gasteiger partial charge in [0.05, 0.1) is 11.2 Å². The summed E-state index contributed by atoms with van der Waals surface area (Å²) in [5.41, 5.74) is 4.13. The zero-order chi connectivity index (χ0) is 22.8. The molecule has 0 spiro atoms. The lowest BCUT2D eigenvalue weighted by atomic mass is 10.0. The molecule has 0 radical (unpaired) electrons. The van der Waals surface area contributed by atoms with Crippen molar-refractivity contribution in [2.45, 2.75) is 17.7 Å². The normalized spacial score (nSPS) is 13.4. The number of hydrogen-bond acceptors (Lipinski definition) is 4. The summed E-state index contributed by atoms with van der Waals surface area (Å²) in [6, 6.07) is 25.2. The summed E-state index contributed by atoms with van der Waals surface area (Å²) in [6.45, 7) is 0.589. The van der Waals surface area contributed by atoms with Crippen LogP contribution in [0.1, 0.15) is 22.5 Å². The molecule has 3 aromatic carbocycles. The average molecular weight is 459 g/mol. The van der Waals surface area contributed by atoms with Gasteiger partial charge in [0.15, 0.2) is 5.76 Å². The lowest BCUT2D eigenvalue weighted by Gasteiger charge is -2.29. The molecule has 1 amide bonds. The number of amides is 1. The molecule has 0 bridgehead atoms. The number of carbonyl (C=O) groups excluding carboxylic acids is 1. The van der Waals surface area contributed by atoms with Crippen molar-refractivity contribution >= 4 is 27.3 Å². The highest BCUT2D eigenvalue weighted by molar-refractivity contribution is 7.92. The van der Waals surface area contributed by atoms with E-state index >= 15 is 0 Å². The molecular weight excluding hydrogens is 436 g/mol. The molecule has 0 aliphatic carbocycles. The Bertz CT molecular complexity index is 1380. The fourth-order valence-corrected chi connectivity index (χ4v) is 5.13. The van der Waals surface area contributed by atoms with Gasteiger partial charge in [-0.3, -0.25) is 9.52 Å². The Kier molecular flexibility index (Phi) is 5.48. The third-order valence-corrected chi connectivity index (χ3v) is 7.10. The lowest BCUT2D eigenvalue weighted by Crippen LogP contribution is -2.35. The number of sulfonamides is 1. The van der Waals surface area contributed by atoms with Gasteiger partial charge in [-0.25, -0.2) is 8.42 Å². The van der Waals surface area contributed by atoms with Crippen LogP contribution in [-0.2, 0) is 16.4 Å². The van der Waals surface area contributed by atoms with Crippen molar-refractivity contribution in [2.24, 2.45) is 0 Å². The maximum Gasteiger partial charge on any atom is 0.293 e. The predicted octanol–water partition coefficient (Wildman–Crippen LogP) is 5.34. The fourth-order valence-electron chi connectivity index (χ4n) is 4.08. The minimum absolute atomic E-state index is 0.189. The summed E-state index contributed by atoms with van der Waals surface area (Å²) >= 11 is 0. The van der Waals surface area contributed by atoms with Crippen LogP contribution in [0.4, 0.5) is 11.4 Å². The smallest absolute Gasteiger partial charge is 0.293 e. The van der Waals surface area contributed by atoms with E-state index in [9.17, 15) is 13.2 Å². The third-order valence-electron chi connectivity index (χ3n) is 5.70. The van der Waals surface area contributed by atoms with Gasteiger partial charge in [-0.15, -0.1) is 0 Å². The van der Waals surface area contributed by atoms with Gasteiger partial charge in [0.1, 0.15) is 0 Å². The lowest BCUT2D eigenvalue weighted by molar-refractivity contribution is 0.0958. The van der Waals surface area contributed by atoms with Gasteiger partial charge in [0.25, 0.3) is 15.9 Å². The van der Waals surface area contributed by atoms with Crippen molar-refractivity contribution < 1.29 is 17.6 Å². The number of rotatable bonds is 5. The Morgan fingerprint density at radius 1 is 0.879 bits per heavy atom. The SMILES string of the molecule is O=C(c1ccco1)N1CCCc2cc(NS(=O)(=O)c3ccc(-c4ccccc4)cc3)ccc21. The minimum Gasteiger partial charge on any atom is -0.459 e. The Balaban J connectivity index is 1.37. The molecule has 2 heterocycles. The molecule has 0 unspecified atom stereocenters. The first-order valence-electron chi connectivity index (χ1n) is 10.7. The quantitative estimate of drug-likeness (QED) is 0.438. The highest BCUT2D eigenvalue weighted by atomic mass is 32.2. The van der Waals surface area contributed by atoms with Crippen molar-refractivity contribution in [3.63, 3.8) is 0 Å². The van der Waals surface area contributed by atoms with Crippen LogP contribution in [0.2, 0.25) is 0 Å². The zero-order valence-corrected chi connectivity index (χ0v) is 18.6. The average Bonchev–Trinajstić information content (AvgIpc) is 3.39. The van der Waals surface area contributed by atoms with Crippen LogP contribution in [0.5, 0.6) is 0 Å². The number of fused-ring (bicyclic) bond motifs is 1. The van der Waals surface area contributed by atoms with E-state index in [1.165, 1.54) is 6.26 Å². The Morgan fingerprint density at radius 3 is 2.36 bits per heavy atom. The second-order valence-corrected chi connectivity index (χ2v) is 9.56. The summed E-state index contributed by atoms with van der Waals surface area (Å²) < 4.78 is 33.8. The van der Waals surface area contributed by atoms with Gasteiger partial charge in [-0.05, 0) is 72.0 Å². The summed E-state index contributed by atoms with van der Waals surface area (Å²) in [6.07, 6.45) is 3.03. The van der Waals surface area contributed by atoms with Crippen LogP contribution in [0.25, 0.3) is 11.1 Å². The molecule has 0 saturated heterocycles. The zero-order valence-electron chi connectivity index (χ0n) is 17.8. The van der Waals surface area contributed by atoms with Crippen molar-refractivity contribution in [3.8, 4) is 11.1 Å². The minimum atomic E-state index is -3.75. The second-order valence-electron chi connectivity index (χ2n) is 7.88. The molecule has 166 valence electrons. The summed E-state index contributed by atoms with van der Waals surface area (Å²) in [4.78, 5) is 14.6. The fraction of sp³-hybridized carbons (Fsp3) is 0.115. The maximum atomic E-state index is 13.0. The van der Waals surface area contributed by atoms with Crippen LogP contribution in [0, 0.1) is 0 Å². The van der Waals surface area contributed by atoms with E-state index in [4.69, 9.17) is 4.42 Å². The summed E-state index contributed by atoms with van der Waals surface area (Å²) in [5, 5.41) is 0. The molecular formula is C26H22N2O4S. The molecule has 7 heteroatoms. The van der Waals surface area contributed by atoms with Crippen LogP contribution in [-0.4, -0.2) is 20.9 Å². The van der Waals surface area contributed by atoms with Crippen molar-refractivity contribution in [1.29, 1.82) is 0 Å². The molecule has 6 nitrogen and oxygen atoms in total. The van der Waals surface area contributed by atoms with Gasteiger partial charge in [0.2, 0.25) is 0 Å². The number of benzene rings is 3. The third kappa shape index (κ3) is 4.27. The van der Waals surface area contributed by atoms with Crippen LogP contribution >= 0.6 is 0 Å². The van der Waals surface area contributed by atoms with Gasteiger partial charge in [-0.1, -0.05) is 42.5 Å². The summed E-state index contributed by atoms with van der Waals surface area (Å²) in [7, 11) is -3.75. The number of nitrogens with zero attached hydrogens (tertiary/aromatic N) is 1. The predicted molar refractivity (Wildman–Crippen MR) is 128 cm³/mol. The standard InChI is InChI=1S/C26H22N2O4S/c29-26(25-9-5-17-32-25)28-16-4-8-21-18-22(12-15-24(21)28)27-33(30,31)23-13-10-20(11-14-23)19-6-2-1-3-7-19/h1-3,5-7,9-15,17-18,27H,4,8,16H2. The van der Waals surface area contributed by atoms with Gasteiger partial charge < -0.3 is 9.32 Å². The number of carbonyl (C=O) groups is 1. The number of aryl methyl sites for hydroxylation is 1. The Morgan fingerprint density at radius 2 is 1.64 bits per heavy atom. The Labute approximate surface area is 192 Å². The van der Waals surface area contributed by atoms with Gasteiger partial charge in [-0.2, -0.15) is 0 Å². The number of hydrogen-bond donors (Lipinski definition) is 1. The van der Waals surface area contributed by atoms with E-state index in [1.807, 2.05) is 30.3 Å². The maximum absolute atomic E-state index is 13.0. The second kappa shape index (κ2) is 8.60. The first kappa shape index (κ1) is 21.0. The molecule has 1 aromatic heterocycles. The molecule has 1 N–H and O–H groups in total. The van der Waals surface area contributed by atoms with Crippen molar-refractivity contribution in [1.82, 2.24) is 0 Å². The molecule has 0 fully saturated rings. The van der Waals surface area contributed by atoms with Gasteiger partial charge >= 0.3 is 0 Å². The summed E-state index contributed by atoms with van der Waals surface area (Å²) in [5.74, 6) is 0.0827. The molecule has 0 saturated carbocycles. The first-order valence-corrected chi connectivity index (χ1v) is 12.2. The molecule has 33 heavy (non-hydrogen) atoms. The number of nitrogens with one attached hydrogen (secondary N) is 1. The van der Waals surface area contributed by atoms with E-state index in [0.29, 0.717) is 12.2 Å². The van der Waals surface area contributed by atoms with Crippen LogP contribution in [0.15, 0.2) is 101 Å². The van der Waals surface area contributed by atoms with Crippen LogP contribution < -0.4 is 9.62 Å². The van der Waals surface area contributed by atoms with Gasteiger partial charge in [0, 0.05) is 17.9 Å². The highest BCUT2D eigenvalue weighted by Gasteiger charge is 2.26. The van der Waals surface area contributed by atoms with Crippen molar-refractivity contribution in [2.75, 3.05) is 16.2 Å². The topological polar surface area (TPSA) is 79.6 Å². The van der Waals surface area contributed by atoms with E-state index in [2.05, 4.69) is 4.72 Å². The van der Waals surface area contributed by atoms with E-state index in [0.717, 1.165) is 35.2 Å². The Hall–Kier alpha value is -3.84. The monoisotopic (exact) mass is 458 g/mol. The van der Waals surface area contributed by atoms with E-state index in [-0.39, 0.29) is 16.6 Å². The van der Waals surface area contributed by atoms with Crippen molar-refractivity contribution in [3.05, 3.63) is 103 Å². The molecule has 0 atom stereocenters. The van der Waals surface area contributed by atoms with Crippen LogP contribution in [0.3, 0.4) is 0 Å². The molecule has 4 aromatic rings. The van der Waals surface area contributed by atoms with E-state index in [1.54, 1.807) is 59.5 Å². The van der Waals surface area contributed by atoms with E-state index < -0.39 is 10.0 Å². The molecule has 1 aliphatic heterocycles.